The molecule has 0 aromatic rings. The van der Waals surface area contributed by atoms with Crippen LogP contribution in [0.4, 0.5) is 0 Å². The molecule has 1 heterocycles. The predicted molar refractivity (Wildman–Crippen MR) is 68.7 cm³/mol. The minimum Gasteiger partial charge on any atom is -0.468 e. The Bertz CT molecular complexity index is 233. The first-order chi connectivity index (χ1) is 8.19. The number of methoxy groups -OCH3 is 1. The summed E-state index contributed by atoms with van der Waals surface area (Å²) in [5, 5.41) is 0. The van der Waals surface area contributed by atoms with Crippen molar-refractivity contribution in [2.45, 2.75) is 57.5 Å². The Labute approximate surface area is 104 Å². The van der Waals surface area contributed by atoms with Crippen molar-refractivity contribution in [1.82, 2.24) is 4.90 Å². The van der Waals surface area contributed by atoms with E-state index in [1.165, 1.54) is 39.2 Å². The van der Waals surface area contributed by atoms with Gasteiger partial charge in [0.05, 0.1) is 7.11 Å². The highest BCUT2D eigenvalue weighted by atomic mass is 16.5. The highest BCUT2D eigenvalue weighted by Gasteiger charge is 2.21. The molecule has 0 aliphatic carbocycles. The SMILES string of the molecule is CCC1CCCCCN1CCC(N)C(=O)OC. The minimum absolute atomic E-state index is 0.298. The van der Waals surface area contributed by atoms with E-state index in [1.54, 1.807) is 0 Å². The second-order valence-corrected chi connectivity index (χ2v) is 4.87. The molecule has 0 bridgehead atoms. The Morgan fingerprint density at radius 2 is 2.24 bits per heavy atom. The van der Waals surface area contributed by atoms with Crippen LogP contribution in [0.2, 0.25) is 0 Å². The normalized spacial score (nSPS) is 24.1. The third kappa shape index (κ3) is 4.64. The summed E-state index contributed by atoms with van der Waals surface area (Å²) in [6.45, 7) is 4.30. The molecule has 17 heavy (non-hydrogen) atoms. The van der Waals surface area contributed by atoms with Gasteiger partial charge in [-0.25, -0.2) is 0 Å². The summed E-state index contributed by atoms with van der Waals surface area (Å²) < 4.78 is 4.65. The average Bonchev–Trinajstić information content (AvgIpc) is 2.59. The molecule has 2 N–H and O–H groups in total. The van der Waals surface area contributed by atoms with Crippen molar-refractivity contribution < 1.29 is 9.53 Å². The van der Waals surface area contributed by atoms with Gasteiger partial charge in [0.2, 0.25) is 0 Å². The van der Waals surface area contributed by atoms with E-state index < -0.39 is 6.04 Å². The van der Waals surface area contributed by atoms with Gasteiger partial charge in [-0.05, 0) is 32.2 Å². The smallest absolute Gasteiger partial charge is 0.322 e. The van der Waals surface area contributed by atoms with Crippen molar-refractivity contribution in [1.29, 1.82) is 0 Å². The molecule has 0 amide bonds. The van der Waals surface area contributed by atoms with E-state index in [1.807, 2.05) is 0 Å². The van der Waals surface area contributed by atoms with Gasteiger partial charge in [-0.15, -0.1) is 0 Å². The van der Waals surface area contributed by atoms with Crippen molar-refractivity contribution in [2.24, 2.45) is 5.73 Å². The third-order valence-corrected chi connectivity index (χ3v) is 3.70. The second-order valence-electron chi connectivity index (χ2n) is 4.87. The molecule has 0 aromatic carbocycles. The molecular weight excluding hydrogens is 216 g/mol. The summed E-state index contributed by atoms with van der Waals surface area (Å²) in [6, 6.07) is 0.197. The molecule has 0 aromatic heterocycles. The van der Waals surface area contributed by atoms with Gasteiger partial charge in [0, 0.05) is 12.6 Å². The van der Waals surface area contributed by atoms with Gasteiger partial charge in [-0.2, -0.15) is 0 Å². The van der Waals surface area contributed by atoms with Crippen molar-refractivity contribution in [2.75, 3.05) is 20.2 Å². The van der Waals surface area contributed by atoms with Crippen molar-refractivity contribution in [3.63, 3.8) is 0 Å². The van der Waals surface area contributed by atoms with Crippen LogP contribution in [0.25, 0.3) is 0 Å². The maximum atomic E-state index is 11.2. The molecule has 1 aliphatic rings. The fourth-order valence-corrected chi connectivity index (χ4v) is 2.57. The van der Waals surface area contributed by atoms with Gasteiger partial charge >= 0.3 is 5.97 Å². The van der Waals surface area contributed by atoms with Gasteiger partial charge in [-0.3, -0.25) is 4.79 Å². The van der Waals surface area contributed by atoms with Crippen molar-refractivity contribution in [3.05, 3.63) is 0 Å². The Kier molecular flexibility index (Phi) is 6.52. The molecule has 2 atom stereocenters. The number of hydrogen-bond acceptors (Lipinski definition) is 4. The monoisotopic (exact) mass is 242 g/mol. The minimum atomic E-state index is -0.472. The van der Waals surface area contributed by atoms with Gasteiger partial charge in [0.25, 0.3) is 0 Å². The first-order valence-electron chi connectivity index (χ1n) is 6.76. The maximum Gasteiger partial charge on any atom is 0.322 e. The Hall–Kier alpha value is -0.610. The number of carbonyl (C=O) groups is 1. The first kappa shape index (κ1) is 14.5. The molecule has 4 nitrogen and oxygen atoms in total. The summed E-state index contributed by atoms with van der Waals surface area (Å²) in [5.74, 6) is -0.298. The van der Waals surface area contributed by atoms with Crippen LogP contribution in [0, 0.1) is 0 Å². The molecule has 1 fully saturated rings. The number of likely N-dealkylation sites (tertiary alicyclic amines) is 1. The molecule has 0 radical (unpaired) electrons. The summed E-state index contributed by atoms with van der Waals surface area (Å²) in [7, 11) is 1.39. The zero-order chi connectivity index (χ0) is 12.7. The largest absolute Gasteiger partial charge is 0.468 e. The fourth-order valence-electron chi connectivity index (χ4n) is 2.57. The number of ether oxygens (including phenoxy) is 1. The second kappa shape index (κ2) is 7.67. The van der Waals surface area contributed by atoms with Crippen molar-refractivity contribution in [3.8, 4) is 0 Å². The summed E-state index contributed by atoms with van der Waals surface area (Å²) in [5.41, 5.74) is 5.77. The van der Waals surface area contributed by atoms with E-state index in [-0.39, 0.29) is 5.97 Å². The third-order valence-electron chi connectivity index (χ3n) is 3.70. The van der Waals surface area contributed by atoms with E-state index in [9.17, 15) is 4.79 Å². The van der Waals surface area contributed by atoms with Crippen LogP contribution < -0.4 is 5.73 Å². The van der Waals surface area contributed by atoms with Crippen LogP contribution in [0.3, 0.4) is 0 Å². The van der Waals surface area contributed by atoms with Crippen LogP contribution in [-0.4, -0.2) is 43.2 Å². The lowest BCUT2D eigenvalue weighted by molar-refractivity contribution is -0.142. The van der Waals surface area contributed by atoms with Crippen LogP contribution in [0.5, 0.6) is 0 Å². The molecule has 4 heteroatoms. The number of hydrogen-bond donors (Lipinski definition) is 1. The maximum absolute atomic E-state index is 11.2. The predicted octanol–water partition coefficient (Wildman–Crippen LogP) is 1.53. The lowest BCUT2D eigenvalue weighted by Gasteiger charge is -2.29. The zero-order valence-corrected chi connectivity index (χ0v) is 11.2. The molecule has 0 spiro atoms. The van der Waals surface area contributed by atoms with Crippen LogP contribution in [0.15, 0.2) is 0 Å². The zero-order valence-electron chi connectivity index (χ0n) is 11.2. The number of carbonyl (C=O) groups excluding carboxylic acids is 1. The summed E-state index contributed by atoms with van der Waals surface area (Å²) in [4.78, 5) is 13.7. The van der Waals surface area contributed by atoms with E-state index in [4.69, 9.17) is 5.73 Å². The molecule has 100 valence electrons. The Morgan fingerprint density at radius 3 is 2.88 bits per heavy atom. The summed E-state index contributed by atoms with van der Waals surface area (Å²) >= 11 is 0. The molecule has 1 aliphatic heterocycles. The molecule has 1 saturated heterocycles. The van der Waals surface area contributed by atoms with Crippen LogP contribution >= 0.6 is 0 Å². The van der Waals surface area contributed by atoms with E-state index in [0.29, 0.717) is 12.5 Å². The quantitative estimate of drug-likeness (QED) is 0.743. The number of rotatable bonds is 5. The number of esters is 1. The lowest BCUT2D eigenvalue weighted by atomic mass is 10.1. The van der Waals surface area contributed by atoms with Gasteiger partial charge < -0.3 is 15.4 Å². The molecule has 1 rings (SSSR count). The molecular formula is C13H26N2O2. The lowest BCUT2D eigenvalue weighted by Crippen LogP contribution is -2.40. The van der Waals surface area contributed by atoms with Crippen LogP contribution in [-0.2, 0) is 9.53 Å². The van der Waals surface area contributed by atoms with Gasteiger partial charge in [-0.1, -0.05) is 19.8 Å². The average molecular weight is 242 g/mol. The highest BCUT2D eigenvalue weighted by Crippen LogP contribution is 2.19. The first-order valence-corrected chi connectivity index (χ1v) is 6.76. The number of nitrogens with zero attached hydrogens (tertiary/aromatic N) is 1. The fraction of sp³-hybridized carbons (Fsp3) is 0.923. The van der Waals surface area contributed by atoms with Gasteiger partial charge in [0.15, 0.2) is 0 Å². The standard InChI is InChI=1S/C13H26N2O2/c1-3-11-7-5-4-6-9-15(11)10-8-12(14)13(16)17-2/h11-12H,3-10,14H2,1-2H3. The summed E-state index contributed by atoms with van der Waals surface area (Å²) in [6.07, 6.45) is 7.10. The molecule has 0 saturated carbocycles. The number of nitrogens with two attached hydrogens (primary N) is 1. The van der Waals surface area contributed by atoms with Gasteiger partial charge in [0.1, 0.15) is 6.04 Å². The highest BCUT2D eigenvalue weighted by molar-refractivity contribution is 5.75. The van der Waals surface area contributed by atoms with E-state index in [0.717, 1.165) is 13.1 Å². The Balaban J connectivity index is 2.39. The van der Waals surface area contributed by atoms with Crippen LogP contribution in [0.1, 0.15) is 45.4 Å². The van der Waals surface area contributed by atoms with Crippen molar-refractivity contribution >= 4 is 5.97 Å². The topological polar surface area (TPSA) is 55.6 Å². The Morgan fingerprint density at radius 1 is 1.47 bits per heavy atom. The van der Waals surface area contributed by atoms with E-state index in [2.05, 4.69) is 16.6 Å². The molecule has 2 unspecified atom stereocenters. The van der Waals surface area contributed by atoms with E-state index >= 15 is 0 Å².